The van der Waals surface area contributed by atoms with Gasteiger partial charge in [0.15, 0.2) is 5.78 Å². The van der Waals surface area contributed by atoms with Crippen LogP contribution in [-0.4, -0.2) is 45.5 Å². The van der Waals surface area contributed by atoms with Crippen LogP contribution in [0.2, 0.25) is 0 Å². The smallest absolute Gasteiger partial charge is 0.239 e. The Morgan fingerprint density at radius 2 is 2.10 bits per heavy atom. The quantitative estimate of drug-likeness (QED) is 0.435. The van der Waals surface area contributed by atoms with Crippen molar-refractivity contribution in [1.29, 1.82) is 0 Å². The zero-order valence-corrected chi connectivity index (χ0v) is 12.1. The van der Waals surface area contributed by atoms with E-state index in [0.717, 1.165) is 5.69 Å². The van der Waals surface area contributed by atoms with Crippen molar-refractivity contribution in [1.82, 2.24) is 5.32 Å². The number of carbonyl (C=O) groups is 2. The van der Waals surface area contributed by atoms with E-state index in [-0.39, 0.29) is 18.2 Å². The van der Waals surface area contributed by atoms with Crippen LogP contribution in [-0.2, 0) is 9.53 Å². The Morgan fingerprint density at radius 3 is 2.70 bits per heavy atom. The van der Waals surface area contributed by atoms with Gasteiger partial charge in [0.25, 0.3) is 0 Å². The Labute approximate surface area is 118 Å². The second-order valence-corrected chi connectivity index (χ2v) is 4.53. The van der Waals surface area contributed by atoms with Crippen LogP contribution in [0.15, 0.2) is 18.2 Å². The van der Waals surface area contributed by atoms with Gasteiger partial charge in [0.1, 0.15) is 0 Å². The highest BCUT2D eigenvalue weighted by atomic mass is 16.5. The fourth-order valence-corrected chi connectivity index (χ4v) is 1.74. The summed E-state index contributed by atoms with van der Waals surface area (Å²) in [5, 5.41) is 2.74. The van der Waals surface area contributed by atoms with Crippen LogP contribution >= 0.6 is 0 Å². The van der Waals surface area contributed by atoms with E-state index >= 15 is 0 Å². The van der Waals surface area contributed by atoms with E-state index in [9.17, 15) is 9.59 Å². The van der Waals surface area contributed by atoms with Crippen LogP contribution in [0.5, 0.6) is 0 Å². The van der Waals surface area contributed by atoms with E-state index in [1.54, 1.807) is 37.3 Å². The summed E-state index contributed by atoms with van der Waals surface area (Å²) >= 11 is 0. The van der Waals surface area contributed by atoms with Crippen molar-refractivity contribution in [3.05, 3.63) is 23.8 Å². The zero-order chi connectivity index (χ0) is 15.1. The molecule has 0 atom stereocenters. The Balaban J connectivity index is 2.68. The number of ketones is 1. The summed E-state index contributed by atoms with van der Waals surface area (Å²) in [6.45, 7) is 2.62. The minimum atomic E-state index is -0.106. The number of nitrogens with zero attached hydrogens (tertiary/aromatic N) is 1. The van der Waals surface area contributed by atoms with Gasteiger partial charge in [-0.05, 0) is 25.1 Å². The van der Waals surface area contributed by atoms with E-state index in [4.69, 9.17) is 10.5 Å². The molecule has 20 heavy (non-hydrogen) atoms. The van der Waals surface area contributed by atoms with Gasteiger partial charge in [-0.1, -0.05) is 0 Å². The molecule has 1 aromatic rings. The molecule has 0 aromatic heterocycles. The van der Waals surface area contributed by atoms with Crippen molar-refractivity contribution in [3.63, 3.8) is 0 Å². The first-order chi connectivity index (χ1) is 9.45. The Hall–Kier alpha value is -2.08. The molecule has 0 radical (unpaired) electrons. The molecule has 0 aliphatic heterocycles. The third-order valence-electron chi connectivity index (χ3n) is 2.87. The van der Waals surface area contributed by atoms with Crippen LogP contribution in [0.25, 0.3) is 0 Å². The van der Waals surface area contributed by atoms with Crippen LogP contribution in [0.4, 0.5) is 11.4 Å². The minimum Gasteiger partial charge on any atom is -0.398 e. The molecule has 0 fully saturated rings. The number of benzene rings is 1. The lowest BCUT2D eigenvalue weighted by Gasteiger charge is -2.19. The topological polar surface area (TPSA) is 84.7 Å². The maximum Gasteiger partial charge on any atom is 0.239 e. The van der Waals surface area contributed by atoms with Gasteiger partial charge in [0.05, 0.1) is 13.2 Å². The summed E-state index contributed by atoms with van der Waals surface area (Å²) in [6.07, 6.45) is 0. The van der Waals surface area contributed by atoms with E-state index in [1.807, 2.05) is 0 Å². The lowest BCUT2D eigenvalue weighted by molar-refractivity contribution is -0.119. The molecule has 110 valence electrons. The Morgan fingerprint density at radius 1 is 1.40 bits per heavy atom. The highest BCUT2D eigenvalue weighted by molar-refractivity contribution is 6.00. The standard InChI is InChI=1S/C14H21N3O3/c1-10(18)12-8-11(4-5-13(12)15)17(2)9-14(19)16-6-7-20-3/h4-5,8H,6-7,9,15H2,1-3H3,(H,16,19). The largest absolute Gasteiger partial charge is 0.398 e. The van der Waals surface area contributed by atoms with Gasteiger partial charge in [-0.3, -0.25) is 9.59 Å². The highest BCUT2D eigenvalue weighted by Crippen LogP contribution is 2.20. The number of nitrogens with one attached hydrogen (secondary N) is 1. The van der Waals surface area contributed by atoms with E-state index < -0.39 is 0 Å². The number of likely N-dealkylation sites (N-methyl/N-ethyl adjacent to an activating group) is 1. The summed E-state index contributed by atoms with van der Waals surface area (Å²) in [7, 11) is 3.36. The average Bonchev–Trinajstić information content (AvgIpc) is 2.39. The van der Waals surface area contributed by atoms with Crippen molar-refractivity contribution >= 4 is 23.1 Å². The summed E-state index contributed by atoms with van der Waals surface area (Å²) in [5.74, 6) is -0.201. The molecule has 0 heterocycles. The molecule has 1 amide bonds. The number of nitrogen functional groups attached to an aromatic ring is 1. The summed E-state index contributed by atoms with van der Waals surface area (Å²) < 4.78 is 4.86. The maximum atomic E-state index is 11.7. The number of Topliss-reactive ketones (excluding diaryl/α,β-unsaturated/α-hetero) is 1. The molecule has 0 saturated carbocycles. The van der Waals surface area contributed by atoms with Gasteiger partial charge < -0.3 is 20.7 Å². The highest BCUT2D eigenvalue weighted by Gasteiger charge is 2.11. The van der Waals surface area contributed by atoms with E-state index in [2.05, 4.69) is 5.32 Å². The fraction of sp³-hybridized carbons (Fsp3) is 0.429. The molecule has 1 rings (SSSR count). The minimum absolute atomic E-state index is 0.0951. The van der Waals surface area contributed by atoms with Gasteiger partial charge in [-0.25, -0.2) is 0 Å². The predicted molar refractivity (Wildman–Crippen MR) is 79.0 cm³/mol. The molecule has 6 heteroatoms. The molecule has 0 saturated heterocycles. The third-order valence-corrected chi connectivity index (χ3v) is 2.87. The van der Waals surface area contributed by atoms with Crippen LogP contribution in [0.3, 0.4) is 0 Å². The number of anilines is 2. The lowest BCUT2D eigenvalue weighted by atomic mass is 10.1. The number of hydrogen-bond donors (Lipinski definition) is 2. The van der Waals surface area contributed by atoms with Crippen LogP contribution < -0.4 is 16.0 Å². The van der Waals surface area contributed by atoms with Crippen molar-refractivity contribution in [2.75, 3.05) is 44.5 Å². The molecule has 1 aromatic carbocycles. The van der Waals surface area contributed by atoms with Gasteiger partial charge in [0, 0.05) is 37.6 Å². The second-order valence-electron chi connectivity index (χ2n) is 4.53. The summed E-state index contributed by atoms with van der Waals surface area (Å²) in [5.41, 5.74) is 7.42. The monoisotopic (exact) mass is 279 g/mol. The van der Waals surface area contributed by atoms with Crippen molar-refractivity contribution in [3.8, 4) is 0 Å². The summed E-state index contributed by atoms with van der Waals surface area (Å²) in [4.78, 5) is 24.9. The summed E-state index contributed by atoms with van der Waals surface area (Å²) in [6, 6.07) is 5.15. The Bertz CT molecular complexity index is 489. The first kappa shape index (κ1) is 16.0. The lowest BCUT2D eigenvalue weighted by Crippen LogP contribution is -2.36. The molecule has 0 aliphatic rings. The molecular weight excluding hydrogens is 258 g/mol. The maximum absolute atomic E-state index is 11.7. The fourth-order valence-electron chi connectivity index (χ4n) is 1.74. The molecule has 0 spiro atoms. The normalized spacial score (nSPS) is 10.2. The first-order valence-corrected chi connectivity index (χ1v) is 6.33. The number of rotatable bonds is 7. The number of methoxy groups -OCH3 is 1. The number of hydrogen-bond acceptors (Lipinski definition) is 5. The molecule has 0 aliphatic carbocycles. The molecule has 6 nitrogen and oxygen atoms in total. The predicted octanol–water partition coefficient (Wildman–Crippen LogP) is 0.670. The average molecular weight is 279 g/mol. The molecule has 3 N–H and O–H groups in total. The van der Waals surface area contributed by atoms with E-state index in [1.165, 1.54) is 6.92 Å². The third kappa shape index (κ3) is 4.55. The number of carbonyl (C=O) groups excluding carboxylic acids is 2. The zero-order valence-electron chi connectivity index (χ0n) is 12.1. The van der Waals surface area contributed by atoms with Crippen molar-refractivity contribution in [2.24, 2.45) is 0 Å². The van der Waals surface area contributed by atoms with Gasteiger partial charge in [-0.2, -0.15) is 0 Å². The van der Waals surface area contributed by atoms with E-state index in [0.29, 0.717) is 24.4 Å². The number of amides is 1. The number of ether oxygens (including phenoxy) is 1. The number of nitrogens with two attached hydrogens (primary N) is 1. The second kappa shape index (κ2) is 7.49. The van der Waals surface area contributed by atoms with Crippen LogP contribution in [0, 0.1) is 0 Å². The van der Waals surface area contributed by atoms with Crippen molar-refractivity contribution in [2.45, 2.75) is 6.92 Å². The first-order valence-electron chi connectivity index (χ1n) is 6.33. The Kier molecular flexibility index (Phi) is 5.99. The SMILES string of the molecule is COCCNC(=O)CN(C)c1ccc(N)c(C(C)=O)c1. The molecule has 0 bridgehead atoms. The molecule has 0 unspecified atom stereocenters. The van der Waals surface area contributed by atoms with Crippen molar-refractivity contribution < 1.29 is 14.3 Å². The van der Waals surface area contributed by atoms with Gasteiger partial charge >= 0.3 is 0 Å². The molecular formula is C14H21N3O3. The van der Waals surface area contributed by atoms with Gasteiger partial charge in [-0.15, -0.1) is 0 Å². The van der Waals surface area contributed by atoms with Crippen LogP contribution in [0.1, 0.15) is 17.3 Å². The van der Waals surface area contributed by atoms with Gasteiger partial charge in [0.2, 0.25) is 5.91 Å².